The van der Waals surface area contributed by atoms with E-state index >= 15 is 0 Å². The van der Waals surface area contributed by atoms with Crippen LogP contribution in [-0.4, -0.2) is 59.1 Å². The van der Waals surface area contributed by atoms with E-state index in [-0.39, 0.29) is 22.1 Å². The lowest BCUT2D eigenvalue weighted by Gasteiger charge is -2.18. The Labute approximate surface area is 243 Å². The van der Waals surface area contributed by atoms with Crippen LogP contribution >= 0.6 is 11.6 Å². The van der Waals surface area contributed by atoms with Gasteiger partial charge in [0.1, 0.15) is 34.6 Å². The van der Waals surface area contributed by atoms with Crippen LogP contribution in [0.1, 0.15) is 29.9 Å². The number of halogens is 1. The summed E-state index contributed by atoms with van der Waals surface area (Å²) in [6, 6.07) is 13.2. The number of aromatic nitrogens is 6. The summed E-state index contributed by atoms with van der Waals surface area (Å²) < 4.78 is 43.0. The van der Waals surface area contributed by atoms with Gasteiger partial charge in [-0.1, -0.05) is 29.8 Å². The zero-order chi connectivity index (χ0) is 29.1. The van der Waals surface area contributed by atoms with Crippen molar-refractivity contribution in [3.05, 3.63) is 76.8 Å². The van der Waals surface area contributed by atoms with Gasteiger partial charge in [-0.15, -0.1) is 0 Å². The quantitative estimate of drug-likeness (QED) is 0.222. The maximum absolute atomic E-state index is 11.9. The molecule has 12 nitrogen and oxygen atoms in total. The molecule has 0 spiro atoms. The highest BCUT2D eigenvalue weighted by atomic mass is 35.5. The average Bonchev–Trinajstić information content (AvgIpc) is 3.33. The number of ether oxygens (including phenoxy) is 3. The van der Waals surface area contributed by atoms with Crippen molar-refractivity contribution in [1.82, 2.24) is 34.2 Å². The maximum Gasteiger partial charge on any atom is 0.232 e. The Balaban J connectivity index is 1.84. The number of pyridine rings is 2. The van der Waals surface area contributed by atoms with Gasteiger partial charge in [-0.3, -0.25) is 14.1 Å². The molecule has 0 aliphatic rings. The fraction of sp³-hybridized carbons (Fsp3) is 0.222. The minimum Gasteiger partial charge on any atom is -0.494 e. The summed E-state index contributed by atoms with van der Waals surface area (Å²) in [4.78, 5) is 23.2. The van der Waals surface area contributed by atoms with Crippen molar-refractivity contribution >= 4 is 34.2 Å². The van der Waals surface area contributed by atoms with E-state index in [1.165, 1.54) is 0 Å². The van der Waals surface area contributed by atoms with Crippen molar-refractivity contribution in [2.75, 3.05) is 20.8 Å². The first-order valence-electron chi connectivity index (χ1n) is 12.4. The van der Waals surface area contributed by atoms with E-state index in [0.29, 0.717) is 46.9 Å². The number of aryl methyl sites for hydroxylation is 1. The van der Waals surface area contributed by atoms with Crippen molar-refractivity contribution < 1.29 is 23.0 Å². The summed E-state index contributed by atoms with van der Waals surface area (Å²) in [5.41, 5.74) is 2.92. The molecule has 5 aromatic rings. The third-order valence-corrected chi connectivity index (χ3v) is 6.79. The van der Waals surface area contributed by atoms with Crippen LogP contribution in [0.25, 0.3) is 28.5 Å². The number of hydrogen-bond donors (Lipinski definition) is 2. The molecule has 0 radical (unpaired) electrons. The number of imidazole rings is 1. The van der Waals surface area contributed by atoms with Gasteiger partial charge in [0.2, 0.25) is 17.1 Å². The Morgan fingerprint density at radius 3 is 2.39 bits per heavy atom. The topological polar surface area (TPSA) is 146 Å². The Kier molecular flexibility index (Phi) is 8.40. The lowest BCUT2D eigenvalue weighted by atomic mass is 10.1. The van der Waals surface area contributed by atoms with E-state index < -0.39 is 17.3 Å². The molecule has 5 rings (SSSR count). The fourth-order valence-electron chi connectivity index (χ4n) is 4.28. The van der Waals surface area contributed by atoms with Gasteiger partial charge in [0, 0.05) is 12.3 Å². The van der Waals surface area contributed by atoms with Gasteiger partial charge >= 0.3 is 0 Å². The Bertz CT molecular complexity index is 1710. The van der Waals surface area contributed by atoms with Crippen LogP contribution in [0.5, 0.6) is 17.4 Å². The van der Waals surface area contributed by atoms with E-state index in [0.717, 1.165) is 5.56 Å². The molecule has 212 valence electrons. The van der Waals surface area contributed by atoms with E-state index in [2.05, 4.69) is 19.7 Å². The third kappa shape index (κ3) is 5.70. The van der Waals surface area contributed by atoms with Gasteiger partial charge in [0.15, 0.2) is 22.3 Å². The van der Waals surface area contributed by atoms with Gasteiger partial charge in [-0.05, 0) is 43.7 Å². The minimum absolute atomic E-state index is 0.0259. The number of nitrogens with one attached hydrogen (secondary N) is 1. The van der Waals surface area contributed by atoms with Crippen molar-refractivity contribution in [1.29, 1.82) is 0 Å². The van der Waals surface area contributed by atoms with E-state index in [9.17, 15) is 8.76 Å². The third-order valence-electron chi connectivity index (χ3n) is 6.07. The van der Waals surface area contributed by atoms with E-state index in [1.807, 2.05) is 19.9 Å². The van der Waals surface area contributed by atoms with Crippen LogP contribution < -0.4 is 18.9 Å². The lowest BCUT2D eigenvalue weighted by molar-refractivity contribution is 0.327. The second-order valence-corrected chi connectivity index (χ2v) is 9.78. The van der Waals surface area contributed by atoms with Crippen molar-refractivity contribution in [3.63, 3.8) is 0 Å². The zero-order valence-electron chi connectivity index (χ0n) is 22.5. The molecule has 14 heteroatoms. The number of benzene rings is 1. The summed E-state index contributed by atoms with van der Waals surface area (Å²) in [6.45, 7) is 4.19. The standard InChI is InChI=1S/C27H26ClN7O5S/c1-5-40-20-11-6-8-17(30-20)26-33-25-27(35(26)23-18(38-3)9-7-10-19(23)39-4)31-22(24(28)32-25)21(34-41(36)37)16-13-12-15(2)14-29-16/h6-14,21,34H,5H2,1-4H3,(H,36,37). The SMILES string of the molecule is CCOc1cccc(-c2nc3nc(Cl)c(C(NS(=O)O)c4ccc(C)cn4)nc3n2-c2c(OC)cccc2OC)n1. The molecular weight excluding hydrogens is 570 g/mol. The minimum atomic E-state index is -2.43. The number of fused-ring (bicyclic) bond motifs is 1. The van der Waals surface area contributed by atoms with Crippen LogP contribution in [0, 0.1) is 6.92 Å². The highest BCUT2D eigenvalue weighted by molar-refractivity contribution is 7.77. The number of methoxy groups -OCH3 is 2. The highest BCUT2D eigenvalue weighted by Gasteiger charge is 2.28. The first-order valence-corrected chi connectivity index (χ1v) is 13.9. The molecule has 2 atom stereocenters. The lowest BCUT2D eigenvalue weighted by Crippen LogP contribution is -2.26. The predicted octanol–water partition coefficient (Wildman–Crippen LogP) is 4.47. The summed E-state index contributed by atoms with van der Waals surface area (Å²) in [6.07, 6.45) is 1.64. The van der Waals surface area contributed by atoms with E-state index in [4.69, 9.17) is 35.8 Å². The maximum atomic E-state index is 11.9. The molecule has 2 unspecified atom stereocenters. The largest absolute Gasteiger partial charge is 0.494 e. The number of hydrogen-bond acceptors (Lipinski definition) is 9. The van der Waals surface area contributed by atoms with Gasteiger partial charge in [-0.25, -0.2) is 24.1 Å². The van der Waals surface area contributed by atoms with Crippen LogP contribution in [0.15, 0.2) is 54.7 Å². The Hall–Kier alpha value is -4.17. The molecule has 1 aromatic carbocycles. The fourth-order valence-corrected chi connectivity index (χ4v) is 4.95. The summed E-state index contributed by atoms with van der Waals surface area (Å²) >= 11 is 4.22. The first kappa shape index (κ1) is 28.4. The molecular formula is C27H26ClN7O5S. The number of rotatable bonds is 10. The molecule has 0 bridgehead atoms. The second kappa shape index (κ2) is 12.1. The van der Waals surface area contributed by atoms with Crippen molar-refractivity contribution in [3.8, 4) is 34.6 Å². The van der Waals surface area contributed by atoms with E-state index in [1.54, 1.807) is 67.4 Å². The van der Waals surface area contributed by atoms with Gasteiger partial charge in [-0.2, -0.15) is 4.72 Å². The summed E-state index contributed by atoms with van der Waals surface area (Å²) in [5, 5.41) is -0.0259. The monoisotopic (exact) mass is 595 g/mol. The number of para-hydroxylation sites is 1. The van der Waals surface area contributed by atoms with Crippen LogP contribution in [0.4, 0.5) is 0 Å². The second-order valence-electron chi connectivity index (χ2n) is 8.68. The number of nitrogens with zero attached hydrogens (tertiary/aromatic N) is 6. The summed E-state index contributed by atoms with van der Waals surface area (Å²) in [5.74, 6) is 1.71. The first-order chi connectivity index (χ1) is 19.8. The van der Waals surface area contributed by atoms with Crippen LogP contribution in [-0.2, 0) is 11.3 Å². The van der Waals surface area contributed by atoms with Crippen LogP contribution in [0.3, 0.4) is 0 Å². The molecule has 0 aliphatic carbocycles. The molecule has 2 N–H and O–H groups in total. The zero-order valence-corrected chi connectivity index (χ0v) is 24.1. The van der Waals surface area contributed by atoms with Gasteiger partial charge in [0.25, 0.3) is 0 Å². The molecule has 0 aliphatic heterocycles. The molecule has 0 fully saturated rings. The predicted molar refractivity (Wildman–Crippen MR) is 154 cm³/mol. The molecule has 4 aromatic heterocycles. The van der Waals surface area contributed by atoms with Crippen LogP contribution in [0.2, 0.25) is 5.15 Å². The molecule has 0 saturated carbocycles. The normalized spacial score (nSPS) is 12.7. The average molecular weight is 596 g/mol. The Morgan fingerprint density at radius 2 is 1.76 bits per heavy atom. The molecule has 0 amide bonds. The van der Waals surface area contributed by atoms with Crippen molar-refractivity contribution in [2.24, 2.45) is 0 Å². The molecule has 4 heterocycles. The smallest absolute Gasteiger partial charge is 0.232 e. The molecule has 0 saturated heterocycles. The Morgan fingerprint density at radius 1 is 1.02 bits per heavy atom. The van der Waals surface area contributed by atoms with Gasteiger partial charge < -0.3 is 14.2 Å². The molecule has 41 heavy (non-hydrogen) atoms. The summed E-state index contributed by atoms with van der Waals surface area (Å²) in [7, 11) is 3.08. The van der Waals surface area contributed by atoms with Crippen molar-refractivity contribution in [2.45, 2.75) is 19.9 Å². The highest BCUT2D eigenvalue weighted by Crippen LogP contribution is 2.39. The van der Waals surface area contributed by atoms with Gasteiger partial charge in [0.05, 0.1) is 26.5 Å².